The Labute approximate surface area is 225 Å². The predicted molar refractivity (Wildman–Crippen MR) is 151 cm³/mol. The van der Waals surface area contributed by atoms with E-state index in [1.807, 2.05) is 30.3 Å². The molecule has 5 rings (SSSR count). The Balaban J connectivity index is 1.35. The smallest absolute Gasteiger partial charge is 0.184 e. The summed E-state index contributed by atoms with van der Waals surface area (Å²) in [4.78, 5) is 2.31. The maximum atomic E-state index is 9.46. The Kier molecular flexibility index (Phi) is 8.64. The summed E-state index contributed by atoms with van der Waals surface area (Å²) < 4.78 is 13.1. The van der Waals surface area contributed by atoms with Gasteiger partial charge in [0.2, 0.25) is 0 Å². The average molecular weight is 509 g/mol. The minimum Gasteiger partial charge on any atom is -0.392 e. The van der Waals surface area contributed by atoms with Crippen molar-refractivity contribution in [1.82, 2.24) is 4.90 Å². The summed E-state index contributed by atoms with van der Waals surface area (Å²) in [6, 6.07) is 35.3. The third-order valence-electron chi connectivity index (χ3n) is 7.10. The number of hydrogen-bond donors (Lipinski definition) is 2. The third kappa shape index (κ3) is 6.57. The van der Waals surface area contributed by atoms with Crippen LogP contribution in [0.2, 0.25) is 0 Å². The lowest BCUT2D eigenvalue weighted by Gasteiger charge is -2.38. The normalized spacial score (nSPS) is 19.5. The van der Waals surface area contributed by atoms with Crippen molar-refractivity contribution in [2.75, 3.05) is 13.6 Å². The molecule has 5 heteroatoms. The molecule has 4 aromatic carbocycles. The van der Waals surface area contributed by atoms with E-state index >= 15 is 0 Å². The number of hydrogen-bond acceptors (Lipinski definition) is 5. The standard InChI is InChI=1S/C33H36N2O3/c1-35(21-24-6-3-2-4-7-24)22-31-19-32(28-12-10-25(23-36)11-13-28)38-33(37-31)29-16-14-27(15-17-29)30-9-5-8-26(18-30)20-34/h2-18,31-33,36H,19-23,34H2,1H3/t31-,32+,33+/m0/s1. The molecule has 3 atom stereocenters. The topological polar surface area (TPSA) is 68.0 Å². The molecule has 0 saturated carbocycles. The summed E-state index contributed by atoms with van der Waals surface area (Å²) in [6.07, 6.45) is 0.201. The number of nitrogens with two attached hydrogens (primary N) is 1. The molecule has 0 aliphatic carbocycles. The van der Waals surface area contributed by atoms with E-state index in [0.29, 0.717) is 6.54 Å². The second kappa shape index (κ2) is 12.5. The summed E-state index contributed by atoms with van der Waals surface area (Å²) in [7, 11) is 2.14. The van der Waals surface area contributed by atoms with Crippen LogP contribution in [0.15, 0.2) is 103 Å². The van der Waals surface area contributed by atoms with Crippen molar-refractivity contribution in [3.63, 3.8) is 0 Å². The number of rotatable bonds is 9. The van der Waals surface area contributed by atoms with Crippen LogP contribution < -0.4 is 5.73 Å². The molecule has 196 valence electrons. The Morgan fingerprint density at radius 2 is 1.47 bits per heavy atom. The van der Waals surface area contributed by atoms with Gasteiger partial charge in [-0.05, 0) is 46.5 Å². The summed E-state index contributed by atoms with van der Waals surface area (Å²) >= 11 is 0. The van der Waals surface area contributed by atoms with E-state index in [4.69, 9.17) is 15.2 Å². The molecule has 1 heterocycles. The van der Waals surface area contributed by atoms with Crippen molar-refractivity contribution in [3.05, 3.63) is 131 Å². The number of ether oxygens (including phenoxy) is 2. The first-order valence-corrected chi connectivity index (χ1v) is 13.2. The van der Waals surface area contributed by atoms with E-state index in [1.54, 1.807) is 0 Å². The van der Waals surface area contributed by atoms with E-state index < -0.39 is 6.29 Å². The summed E-state index contributed by atoms with van der Waals surface area (Å²) in [5.74, 6) is 0. The number of nitrogens with zero attached hydrogens (tertiary/aromatic N) is 1. The number of benzene rings is 4. The second-order valence-corrected chi connectivity index (χ2v) is 10.1. The third-order valence-corrected chi connectivity index (χ3v) is 7.10. The molecule has 1 aliphatic rings. The SMILES string of the molecule is CN(Cc1ccccc1)C[C@@H]1C[C@H](c2ccc(CO)cc2)O[C@H](c2ccc(-c3cccc(CN)c3)cc2)O1. The van der Waals surface area contributed by atoms with E-state index in [9.17, 15) is 5.11 Å². The highest BCUT2D eigenvalue weighted by molar-refractivity contribution is 5.64. The van der Waals surface area contributed by atoms with Crippen molar-refractivity contribution in [3.8, 4) is 11.1 Å². The molecule has 4 aromatic rings. The first-order chi connectivity index (χ1) is 18.6. The van der Waals surface area contributed by atoms with Crippen LogP contribution in [0.25, 0.3) is 11.1 Å². The van der Waals surface area contributed by atoms with Gasteiger partial charge < -0.3 is 20.3 Å². The Hall–Kier alpha value is -3.32. The fourth-order valence-corrected chi connectivity index (χ4v) is 5.05. The van der Waals surface area contributed by atoms with Crippen molar-refractivity contribution in [2.24, 2.45) is 5.73 Å². The predicted octanol–water partition coefficient (Wildman–Crippen LogP) is 5.98. The van der Waals surface area contributed by atoms with Crippen LogP contribution in [0, 0.1) is 0 Å². The summed E-state index contributed by atoms with van der Waals surface area (Å²) in [5.41, 5.74) is 13.5. The van der Waals surface area contributed by atoms with Gasteiger partial charge in [0, 0.05) is 31.6 Å². The second-order valence-electron chi connectivity index (χ2n) is 10.1. The van der Waals surface area contributed by atoms with Crippen LogP contribution in [-0.4, -0.2) is 29.7 Å². The van der Waals surface area contributed by atoms with Gasteiger partial charge >= 0.3 is 0 Å². The molecule has 0 spiro atoms. The molecular weight excluding hydrogens is 472 g/mol. The van der Waals surface area contributed by atoms with Crippen molar-refractivity contribution in [2.45, 2.75) is 44.6 Å². The highest BCUT2D eigenvalue weighted by atomic mass is 16.7. The van der Waals surface area contributed by atoms with Gasteiger partial charge in [-0.1, -0.05) is 97.1 Å². The molecule has 0 aromatic heterocycles. The molecular formula is C33H36N2O3. The van der Waals surface area contributed by atoms with Gasteiger partial charge in [0.25, 0.3) is 0 Å². The van der Waals surface area contributed by atoms with E-state index in [0.717, 1.165) is 52.9 Å². The van der Waals surface area contributed by atoms with Crippen LogP contribution in [0.3, 0.4) is 0 Å². The lowest BCUT2D eigenvalue weighted by molar-refractivity contribution is -0.252. The minimum absolute atomic E-state index is 0.00546. The van der Waals surface area contributed by atoms with Gasteiger partial charge in [-0.3, -0.25) is 4.90 Å². The van der Waals surface area contributed by atoms with Gasteiger partial charge in [-0.15, -0.1) is 0 Å². The van der Waals surface area contributed by atoms with Gasteiger partial charge in [0.15, 0.2) is 6.29 Å². The fraction of sp³-hybridized carbons (Fsp3) is 0.273. The summed E-state index contributed by atoms with van der Waals surface area (Å²) in [5, 5.41) is 9.46. The minimum atomic E-state index is -0.467. The molecule has 0 unspecified atom stereocenters. The molecule has 38 heavy (non-hydrogen) atoms. The van der Waals surface area contributed by atoms with Crippen LogP contribution in [0.4, 0.5) is 0 Å². The monoisotopic (exact) mass is 508 g/mol. The van der Waals surface area contributed by atoms with E-state index in [2.05, 4.69) is 84.7 Å². The fourth-order valence-electron chi connectivity index (χ4n) is 5.05. The molecule has 1 fully saturated rings. The number of aliphatic hydroxyl groups is 1. The van der Waals surface area contributed by atoms with E-state index in [-0.39, 0.29) is 18.8 Å². The maximum Gasteiger partial charge on any atom is 0.184 e. The number of aliphatic hydroxyl groups excluding tert-OH is 1. The molecule has 1 aliphatic heterocycles. The maximum absolute atomic E-state index is 9.46. The van der Waals surface area contributed by atoms with Gasteiger partial charge in [0.1, 0.15) is 0 Å². The largest absolute Gasteiger partial charge is 0.392 e. The van der Waals surface area contributed by atoms with E-state index in [1.165, 1.54) is 5.56 Å². The van der Waals surface area contributed by atoms with Crippen LogP contribution in [0.1, 0.15) is 46.6 Å². The molecule has 1 saturated heterocycles. The van der Waals surface area contributed by atoms with Crippen molar-refractivity contribution >= 4 is 0 Å². The Bertz CT molecular complexity index is 1290. The quantitative estimate of drug-likeness (QED) is 0.291. The molecule has 3 N–H and O–H groups in total. The van der Waals surface area contributed by atoms with Gasteiger partial charge in [-0.25, -0.2) is 0 Å². The zero-order valence-corrected chi connectivity index (χ0v) is 21.9. The van der Waals surface area contributed by atoms with Crippen molar-refractivity contribution in [1.29, 1.82) is 0 Å². The lowest BCUT2D eigenvalue weighted by Crippen LogP contribution is -2.37. The van der Waals surface area contributed by atoms with Crippen LogP contribution >= 0.6 is 0 Å². The average Bonchev–Trinajstić information content (AvgIpc) is 2.97. The zero-order valence-electron chi connectivity index (χ0n) is 21.9. The zero-order chi connectivity index (χ0) is 26.3. The van der Waals surface area contributed by atoms with Crippen LogP contribution in [0.5, 0.6) is 0 Å². The van der Waals surface area contributed by atoms with Gasteiger partial charge in [0.05, 0.1) is 18.8 Å². The Morgan fingerprint density at radius 3 is 2.18 bits per heavy atom. The Morgan fingerprint density at radius 1 is 0.763 bits per heavy atom. The first kappa shape index (κ1) is 26.3. The molecule has 5 nitrogen and oxygen atoms in total. The van der Waals surface area contributed by atoms with Crippen LogP contribution in [-0.2, 0) is 29.2 Å². The molecule has 0 bridgehead atoms. The highest BCUT2D eigenvalue weighted by Crippen LogP contribution is 2.38. The lowest BCUT2D eigenvalue weighted by atomic mass is 9.99. The summed E-state index contributed by atoms with van der Waals surface area (Å²) in [6.45, 7) is 2.21. The molecule has 0 amide bonds. The molecule has 0 radical (unpaired) electrons. The first-order valence-electron chi connectivity index (χ1n) is 13.2. The van der Waals surface area contributed by atoms with Gasteiger partial charge in [-0.2, -0.15) is 0 Å². The highest BCUT2D eigenvalue weighted by Gasteiger charge is 2.32. The van der Waals surface area contributed by atoms with Crippen molar-refractivity contribution < 1.29 is 14.6 Å². The number of likely N-dealkylation sites (N-methyl/N-ethyl adjacent to an activating group) is 1.